The van der Waals surface area contributed by atoms with Crippen molar-refractivity contribution in [2.24, 2.45) is 0 Å². The lowest BCUT2D eigenvalue weighted by molar-refractivity contribution is 0.203. The predicted molar refractivity (Wildman–Crippen MR) is 146 cm³/mol. The van der Waals surface area contributed by atoms with E-state index < -0.39 is 32.8 Å². The van der Waals surface area contributed by atoms with Gasteiger partial charge < -0.3 is 5.73 Å². The molecule has 0 spiro atoms. The molecule has 0 saturated heterocycles. The molecule has 1 aromatic heterocycles. The van der Waals surface area contributed by atoms with Gasteiger partial charge in [-0.3, -0.25) is 4.18 Å². The summed E-state index contributed by atoms with van der Waals surface area (Å²) in [7, 11) is -8.26. The summed E-state index contributed by atoms with van der Waals surface area (Å²) >= 11 is 1.05. The Kier molecular flexibility index (Phi) is 8.61. The van der Waals surface area contributed by atoms with Crippen LogP contribution in [0.15, 0.2) is 105 Å². The number of sulfonamides is 1. The molecule has 0 aliphatic carbocycles. The first-order chi connectivity index (χ1) is 18.2. The van der Waals surface area contributed by atoms with Crippen LogP contribution in [-0.4, -0.2) is 33.8 Å². The van der Waals surface area contributed by atoms with Gasteiger partial charge in [-0.1, -0.05) is 54.6 Å². The summed E-state index contributed by atoms with van der Waals surface area (Å²) in [6.07, 6.45) is 0.174. The van der Waals surface area contributed by atoms with E-state index >= 15 is 0 Å². The fraction of sp³-hybridized carbons (Fsp3) is 0.148. The fourth-order valence-electron chi connectivity index (χ4n) is 3.87. The van der Waals surface area contributed by atoms with Gasteiger partial charge in [0.15, 0.2) is 0 Å². The van der Waals surface area contributed by atoms with Gasteiger partial charge in [0.2, 0.25) is 0 Å². The summed E-state index contributed by atoms with van der Waals surface area (Å²) in [5, 5.41) is 11.0. The van der Waals surface area contributed by atoms with Crippen molar-refractivity contribution in [1.82, 2.24) is 4.31 Å². The Morgan fingerprint density at radius 2 is 1.61 bits per heavy atom. The number of nitriles is 1. The van der Waals surface area contributed by atoms with Crippen LogP contribution in [0.4, 0.5) is 5.69 Å². The zero-order valence-corrected chi connectivity index (χ0v) is 22.6. The lowest BCUT2D eigenvalue weighted by Gasteiger charge is -2.31. The van der Waals surface area contributed by atoms with E-state index in [1.165, 1.54) is 28.6 Å². The fourth-order valence-corrected chi connectivity index (χ4v) is 7.54. The predicted octanol–water partition coefficient (Wildman–Crippen LogP) is 4.41. The number of benzene rings is 3. The number of rotatable bonds is 11. The second-order valence-electron chi connectivity index (χ2n) is 8.40. The van der Waals surface area contributed by atoms with Crippen molar-refractivity contribution in [3.63, 3.8) is 0 Å². The topological polar surface area (TPSA) is 131 Å². The maximum Gasteiger partial charge on any atom is 0.297 e. The van der Waals surface area contributed by atoms with Gasteiger partial charge in [0.05, 0.1) is 29.2 Å². The maximum absolute atomic E-state index is 13.9. The van der Waals surface area contributed by atoms with Crippen LogP contribution in [0.1, 0.15) is 16.7 Å². The number of nitrogen functional groups attached to an aromatic ring is 1. The van der Waals surface area contributed by atoms with Gasteiger partial charge in [-0.15, -0.1) is 11.3 Å². The zero-order valence-electron chi connectivity index (χ0n) is 20.2. The Morgan fingerprint density at radius 3 is 2.24 bits per heavy atom. The molecule has 1 unspecified atom stereocenters. The standard InChI is InChI=1S/C27H25N3O5S3/c28-18-22-13-14-26(29)23(16-22)19-30(37(31,32)27-12-7-15-36-27)24(17-21-8-3-1-4-9-21)20-35-38(33,34)25-10-5-2-6-11-25/h1-16,24H,17,19-20,29H2. The molecule has 0 saturated carbocycles. The molecule has 1 heterocycles. The van der Waals surface area contributed by atoms with Gasteiger partial charge in [-0.25, -0.2) is 8.42 Å². The van der Waals surface area contributed by atoms with Crippen LogP contribution in [0.2, 0.25) is 0 Å². The zero-order chi connectivity index (χ0) is 27.2. The van der Waals surface area contributed by atoms with Crippen molar-refractivity contribution in [1.29, 1.82) is 5.26 Å². The smallest absolute Gasteiger partial charge is 0.297 e. The monoisotopic (exact) mass is 567 g/mol. The number of anilines is 1. The van der Waals surface area contributed by atoms with Crippen molar-refractivity contribution >= 4 is 37.2 Å². The number of hydrogen-bond donors (Lipinski definition) is 1. The molecular formula is C27H25N3O5S3. The molecule has 4 rings (SSSR count). The minimum absolute atomic E-state index is 0.0305. The highest BCUT2D eigenvalue weighted by atomic mass is 32.2. The van der Waals surface area contributed by atoms with Crippen LogP contribution < -0.4 is 5.73 Å². The van der Waals surface area contributed by atoms with Gasteiger partial charge in [0.25, 0.3) is 20.1 Å². The van der Waals surface area contributed by atoms with Crippen LogP contribution in [0.3, 0.4) is 0 Å². The first-order valence-corrected chi connectivity index (χ1v) is 15.3. The van der Waals surface area contributed by atoms with Crippen LogP contribution in [0.25, 0.3) is 0 Å². The van der Waals surface area contributed by atoms with Crippen LogP contribution >= 0.6 is 11.3 Å². The molecule has 38 heavy (non-hydrogen) atoms. The molecule has 11 heteroatoms. The van der Waals surface area contributed by atoms with Crippen LogP contribution in [0, 0.1) is 11.3 Å². The van der Waals surface area contributed by atoms with Gasteiger partial charge >= 0.3 is 0 Å². The highest BCUT2D eigenvalue weighted by Crippen LogP contribution is 2.29. The van der Waals surface area contributed by atoms with Crippen molar-refractivity contribution in [3.05, 3.63) is 113 Å². The SMILES string of the molecule is N#Cc1ccc(N)c(CN(C(COS(=O)(=O)c2ccccc2)Cc2ccccc2)S(=O)(=O)c2cccs2)c1. The van der Waals surface area contributed by atoms with Gasteiger partial charge in [0, 0.05) is 12.2 Å². The third-order valence-corrected chi connectivity index (χ3v) is 10.4. The van der Waals surface area contributed by atoms with E-state index in [1.807, 2.05) is 36.4 Å². The van der Waals surface area contributed by atoms with Crippen molar-refractivity contribution in [2.75, 3.05) is 12.3 Å². The summed E-state index contributed by atoms with van der Waals surface area (Å²) in [5.41, 5.74) is 8.03. The molecule has 1 atom stereocenters. The summed E-state index contributed by atoms with van der Waals surface area (Å²) < 4.78 is 60.5. The first-order valence-electron chi connectivity index (χ1n) is 11.5. The van der Waals surface area contributed by atoms with E-state index in [4.69, 9.17) is 9.92 Å². The average molecular weight is 568 g/mol. The van der Waals surface area contributed by atoms with Crippen molar-refractivity contribution < 1.29 is 21.0 Å². The van der Waals surface area contributed by atoms with E-state index in [0.29, 0.717) is 16.8 Å². The molecule has 0 aliphatic heterocycles. The number of thiophene rings is 1. The molecule has 0 aliphatic rings. The van der Waals surface area contributed by atoms with E-state index in [2.05, 4.69) is 0 Å². The summed E-state index contributed by atoms with van der Waals surface area (Å²) in [6.45, 7) is -0.623. The molecule has 4 aromatic rings. The number of hydrogen-bond acceptors (Lipinski definition) is 8. The van der Waals surface area contributed by atoms with Crippen molar-refractivity contribution in [3.8, 4) is 6.07 Å². The second-order valence-corrected chi connectivity index (χ2v) is 13.1. The Balaban J connectivity index is 1.77. The molecule has 8 nitrogen and oxygen atoms in total. The third kappa shape index (κ3) is 6.48. The number of nitrogens with two attached hydrogens (primary N) is 1. The minimum Gasteiger partial charge on any atom is -0.398 e. The van der Waals surface area contributed by atoms with E-state index in [1.54, 1.807) is 41.8 Å². The van der Waals surface area contributed by atoms with Crippen molar-refractivity contribution in [2.45, 2.75) is 28.1 Å². The Bertz CT molecular complexity index is 1620. The largest absolute Gasteiger partial charge is 0.398 e. The summed E-state index contributed by atoms with van der Waals surface area (Å²) in [6, 6.07) is 25.7. The van der Waals surface area contributed by atoms with Gasteiger partial charge in [0.1, 0.15) is 4.21 Å². The molecule has 0 bridgehead atoms. The molecule has 0 fully saturated rings. The Labute approximate surface area is 226 Å². The van der Waals surface area contributed by atoms with E-state index in [-0.39, 0.29) is 22.1 Å². The Morgan fingerprint density at radius 1 is 0.921 bits per heavy atom. The normalized spacial score (nSPS) is 12.7. The molecule has 0 amide bonds. The molecule has 2 N–H and O–H groups in total. The lowest BCUT2D eigenvalue weighted by atomic mass is 10.1. The highest BCUT2D eigenvalue weighted by Gasteiger charge is 2.34. The first kappa shape index (κ1) is 27.5. The molecule has 3 aromatic carbocycles. The van der Waals surface area contributed by atoms with Gasteiger partial charge in [-0.2, -0.15) is 18.0 Å². The summed E-state index contributed by atoms with van der Waals surface area (Å²) in [4.78, 5) is -0.0305. The average Bonchev–Trinajstić information content (AvgIpc) is 3.48. The molecule has 0 radical (unpaired) electrons. The maximum atomic E-state index is 13.9. The number of nitrogens with zero attached hydrogens (tertiary/aromatic N) is 2. The van der Waals surface area contributed by atoms with Gasteiger partial charge in [-0.05, 0) is 59.3 Å². The molecule has 196 valence electrons. The summed E-state index contributed by atoms with van der Waals surface area (Å²) in [5.74, 6) is 0. The highest BCUT2D eigenvalue weighted by molar-refractivity contribution is 7.91. The van der Waals surface area contributed by atoms with Crippen LogP contribution in [-0.2, 0) is 37.3 Å². The quantitative estimate of drug-likeness (QED) is 0.210. The minimum atomic E-state index is -4.16. The molecular weight excluding hydrogens is 543 g/mol. The van der Waals surface area contributed by atoms with E-state index in [9.17, 15) is 22.1 Å². The van der Waals surface area contributed by atoms with Crippen LogP contribution in [0.5, 0.6) is 0 Å². The third-order valence-electron chi connectivity index (χ3n) is 5.83. The second kappa shape index (κ2) is 11.9. The van der Waals surface area contributed by atoms with E-state index in [0.717, 1.165) is 16.9 Å². The lowest BCUT2D eigenvalue weighted by Crippen LogP contribution is -2.44. The Hall–Kier alpha value is -3.53.